The number of hydrogen-bond donors (Lipinski definition) is 0. The standard InChI is InChI=1S/C30H29FN4O3/c31-24-10-6-9-23(19-24)29-27(11-4-5-14-35-15-17-36-18-16-35)38-28(34-29)21-37-30-26(20-32)25(12-13-33-30)22-7-2-1-3-8-22/h1-3,6-10,12-13,19H,4-5,11,14-18,21H2. The van der Waals surface area contributed by atoms with Crippen LogP contribution < -0.4 is 4.74 Å². The molecule has 194 valence electrons. The first-order valence-electron chi connectivity index (χ1n) is 12.8. The molecule has 4 aromatic rings. The number of aryl methyl sites for hydroxylation is 1. The molecular weight excluding hydrogens is 483 g/mol. The fourth-order valence-corrected chi connectivity index (χ4v) is 4.59. The second-order valence-electron chi connectivity index (χ2n) is 9.11. The van der Waals surface area contributed by atoms with Crippen LogP contribution in [0, 0.1) is 17.1 Å². The number of ether oxygens (including phenoxy) is 2. The van der Waals surface area contributed by atoms with Crippen LogP contribution in [0.15, 0.2) is 71.3 Å². The van der Waals surface area contributed by atoms with Gasteiger partial charge in [-0.3, -0.25) is 4.90 Å². The monoisotopic (exact) mass is 512 g/mol. The minimum Gasteiger partial charge on any atom is -0.467 e. The summed E-state index contributed by atoms with van der Waals surface area (Å²) in [6, 6.07) is 20.0. The van der Waals surface area contributed by atoms with E-state index in [1.165, 1.54) is 12.1 Å². The van der Waals surface area contributed by atoms with Crippen LogP contribution >= 0.6 is 0 Å². The summed E-state index contributed by atoms with van der Waals surface area (Å²) in [5.41, 5.74) is 3.26. The summed E-state index contributed by atoms with van der Waals surface area (Å²) in [5, 5.41) is 9.84. The van der Waals surface area contributed by atoms with Crippen LogP contribution in [0.4, 0.5) is 4.39 Å². The average Bonchev–Trinajstić information content (AvgIpc) is 3.38. The molecule has 0 spiro atoms. The van der Waals surface area contributed by atoms with Crippen molar-refractivity contribution in [2.75, 3.05) is 32.8 Å². The zero-order chi connectivity index (χ0) is 26.2. The highest BCUT2D eigenvalue weighted by Crippen LogP contribution is 2.30. The molecule has 0 amide bonds. The fraction of sp³-hybridized carbons (Fsp3) is 0.300. The maximum atomic E-state index is 14.0. The Morgan fingerprint density at radius 3 is 2.61 bits per heavy atom. The highest BCUT2D eigenvalue weighted by molar-refractivity contribution is 5.72. The highest BCUT2D eigenvalue weighted by Gasteiger charge is 2.18. The molecule has 1 saturated heterocycles. The number of benzene rings is 2. The van der Waals surface area contributed by atoms with Gasteiger partial charge in [-0.15, -0.1) is 0 Å². The van der Waals surface area contributed by atoms with Crippen molar-refractivity contribution in [2.24, 2.45) is 0 Å². The van der Waals surface area contributed by atoms with Gasteiger partial charge < -0.3 is 13.9 Å². The Morgan fingerprint density at radius 2 is 1.82 bits per heavy atom. The first kappa shape index (κ1) is 25.6. The minimum atomic E-state index is -0.331. The molecule has 0 atom stereocenters. The summed E-state index contributed by atoms with van der Waals surface area (Å²) in [6.07, 6.45) is 4.21. The molecule has 0 radical (unpaired) electrons. The predicted molar refractivity (Wildman–Crippen MR) is 141 cm³/mol. The van der Waals surface area contributed by atoms with Crippen molar-refractivity contribution in [1.82, 2.24) is 14.9 Å². The molecule has 8 heteroatoms. The summed E-state index contributed by atoms with van der Waals surface area (Å²) in [6.45, 7) is 4.49. The average molecular weight is 513 g/mol. The van der Waals surface area contributed by atoms with Gasteiger partial charge in [-0.05, 0) is 43.1 Å². The van der Waals surface area contributed by atoms with Gasteiger partial charge in [-0.2, -0.15) is 5.26 Å². The Labute approximate surface area is 221 Å². The second-order valence-corrected chi connectivity index (χ2v) is 9.11. The molecule has 0 saturated carbocycles. The first-order chi connectivity index (χ1) is 18.7. The maximum absolute atomic E-state index is 14.0. The van der Waals surface area contributed by atoms with Gasteiger partial charge in [0.15, 0.2) is 6.61 Å². The zero-order valence-electron chi connectivity index (χ0n) is 21.1. The molecule has 1 aliphatic heterocycles. The number of nitrogens with zero attached hydrogens (tertiary/aromatic N) is 4. The van der Waals surface area contributed by atoms with E-state index in [4.69, 9.17) is 13.9 Å². The maximum Gasteiger partial charge on any atom is 0.233 e. The molecule has 3 heterocycles. The van der Waals surface area contributed by atoms with Crippen LogP contribution in [0.1, 0.15) is 30.1 Å². The number of rotatable bonds is 10. The van der Waals surface area contributed by atoms with E-state index in [0.29, 0.717) is 34.9 Å². The number of morpholine rings is 1. The van der Waals surface area contributed by atoms with Crippen molar-refractivity contribution in [3.8, 4) is 34.3 Å². The van der Waals surface area contributed by atoms with E-state index < -0.39 is 0 Å². The van der Waals surface area contributed by atoms with Crippen molar-refractivity contribution in [1.29, 1.82) is 5.26 Å². The van der Waals surface area contributed by atoms with Crippen molar-refractivity contribution < 1.29 is 18.3 Å². The summed E-state index contributed by atoms with van der Waals surface area (Å²) < 4.78 is 31.5. The second kappa shape index (κ2) is 12.5. The van der Waals surface area contributed by atoms with Crippen molar-refractivity contribution in [3.63, 3.8) is 0 Å². The highest BCUT2D eigenvalue weighted by atomic mass is 19.1. The summed E-state index contributed by atoms with van der Waals surface area (Å²) in [4.78, 5) is 11.3. The Kier molecular flexibility index (Phi) is 8.39. The molecule has 0 bridgehead atoms. The van der Waals surface area contributed by atoms with E-state index in [1.807, 2.05) is 36.4 Å². The number of hydrogen-bond acceptors (Lipinski definition) is 7. The first-order valence-corrected chi connectivity index (χ1v) is 12.8. The molecule has 2 aromatic heterocycles. The molecule has 0 aliphatic carbocycles. The van der Waals surface area contributed by atoms with E-state index in [9.17, 15) is 9.65 Å². The van der Waals surface area contributed by atoms with Gasteiger partial charge >= 0.3 is 0 Å². The summed E-state index contributed by atoms with van der Waals surface area (Å²) in [5.74, 6) is 0.930. The van der Waals surface area contributed by atoms with Crippen LogP contribution in [-0.2, 0) is 17.8 Å². The molecule has 1 fully saturated rings. The normalized spacial score (nSPS) is 13.8. The minimum absolute atomic E-state index is 0.00395. The van der Waals surface area contributed by atoms with Gasteiger partial charge in [0.25, 0.3) is 0 Å². The number of unbranched alkanes of at least 4 members (excludes halogenated alkanes) is 1. The molecule has 1 aliphatic rings. The lowest BCUT2D eigenvalue weighted by Gasteiger charge is -2.26. The van der Waals surface area contributed by atoms with Crippen molar-refractivity contribution in [3.05, 3.63) is 89.9 Å². The lowest BCUT2D eigenvalue weighted by molar-refractivity contribution is 0.0371. The van der Waals surface area contributed by atoms with Gasteiger partial charge in [0.2, 0.25) is 11.8 Å². The van der Waals surface area contributed by atoms with Crippen LogP contribution in [0.2, 0.25) is 0 Å². The summed E-state index contributed by atoms with van der Waals surface area (Å²) >= 11 is 0. The number of aromatic nitrogens is 2. The zero-order valence-corrected chi connectivity index (χ0v) is 21.1. The Bertz CT molecular complexity index is 1390. The molecule has 38 heavy (non-hydrogen) atoms. The molecule has 0 unspecified atom stereocenters. The molecule has 0 N–H and O–H groups in total. The van der Waals surface area contributed by atoms with Gasteiger partial charge in [-0.1, -0.05) is 42.5 Å². The van der Waals surface area contributed by atoms with Crippen LogP contribution in [0.5, 0.6) is 5.88 Å². The van der Waals surface area contributed by atoms with Gasteiger partial charge in [0, 0.05) is 36.8 Å². The van der Waals surface area contributed by atoms with E-state index >= 15 is 0 Å². The molecular formula is C30H29FN4O3. The number of nitriles is 1. The quantitative estimate of drug-likeness (QED) is 0.254. The van der Waals surface area contributed by atoms with Crippen LogP contribution in [0.3, 0.4) is 0 Å². The fourth-order valence-electron chi connectivity index (χ4n) is 4.59. The van der Waals surface area contributed by atoms with Gasteiger partial charge in [0.1, 0.15) is 28.9 Å². The largest absolute Gasteiger partial charge is 0.467 e. The molecule has 5 rings (SSSR count). The Morgan fingerprint density at radius 1 is 1.00 bits per heavy atom. The SMILES string of the molecule is N#Cc1c(-c2ccccc2)ccnc1OCc1nc(-c2cccc(F)c2)c(CCCCN2CCOCC2)o1. The van der Waals surface area contributed by atoms with Gasteiger partial charge in [0.05, 0.1) is 13.2 Å². The smallest absolute Gasteiger partial charge is 0.233 e. The number of pyridine rings is 1. The third kappa shape index (κ3) is 6.25. The van der Waals surface area contributed by atoms with E-state index in [0.717, 1.165) is 56.8 Å². The Balaban J connectivity index is 1.32. The van der Waals surface area contributed by atoms with E-state index in [2.05, 4.69) is 20.9 Å². The lowest BCUT2D eigenvalue weighted by atomic mass is 10.0. The van der Waals surface area contributed by atoms with E-state index in [1.54, 1.807) is 18.3 Å². The van der Waals surface area contributed by atoms with Crippen LogP contribution in [-0.4, -0.2) is 47.7 Å². The third-order valence-electron chi connectivity index (χ3n) is 6.52. The van der Waals surface area contributed by atoms with Gasteiger partial charge in [-0.25, -0.2) is 14.4 Å². The summed E-state index contributed by atoms with van der Waals surface area (Å²) in [7, 11) is 0. The number of oxazole rings is 1. The number of halogens is 1. The van der Waals surface area contributed by atoms with Crippen molar-refractivity contribution >= 4 is 0 Å². The lowest BCUT2D eigenvalue weighted by Crippen LogP contribution is -2.36. The third-order valence-corrected chi connectivity index (χ3v) is 6.52. The van der Waals surface area contributed by atoms with E-state index in [-0.39, 0.29) is 18.3 Å². The molecule has 7 nitrogen and oxygen atoms in total. The topological polar surface area (TPSA) is 84.4 Å². The van der Waals surface area contributed by atoms with Crippen LogP contribution in [0.25, 0.3) is 22.4 Å². The molecule has 2 aromatic carbocycles. The van der Waals surface area contributed by atoms with Crippen molar-refractivity contribution in [2.45, 2.75) is 25.9 Å². The predicted octanol–water partition coefficient (Wildman–Crippen LogP) is 5.65. The Hall–Kier alpha value is -4.06.